The third-order valence-electron chi connectivity index (χ3n) is 4.64. The Morgan fingerprint density at radius 3 is 2.35 bits per heavy atom. The van der Waals surface area contributed by atoms with Gasteiger partial charge in [-0.05, 0) is 81.9 Å². The molecule has 1 saturated heterocycles. The average molecular weight is 562 g/mol. The SMILES string of the molecule is O=C1S/C(=C\c2ccccc2OCc2ccc(Cl)cc2)C(=O)N1Cc1ccc(I)cc1. The summed E-state index contributed by atoms with van der Waals surface area (Å²) >= 11 is 9.10. The molecule has 156 valence electrons. The van der Waals surface area contributed by atoms with Crippen molar-refractivity contribution >= 4 is 63.2 Å². The zero-order valence-electron chi connectivity index (χ0n) is 16.3. The second-order valence-electron chi connectivity index (χ2n) is 6.85. The predicted octanol–water partition coefficient (Wildman–Crippen LogP) is 6.76. The molecule has 4 nitrogen and oxygen atoms in total. The number of amides is 2. The summed E-state index contributed by atoms with van der Waals surface area (Å²) in [6, 6.07) is 22.7. The van der Waals surface area contributed by atoms with Gasteiger partial charge >= 0.3 is 0 Å². The minimum Gasteiger partial charge on any atom is -0.488 e. The van der Waals surface area contributed by atoms with Crippen molar-refractivity contribution < 1.29 is 14.3 Å². The Labute approximate surface area is 203 Å². The van der Waals surface area contributed by atoms with E-state index in [0.29, 0.717) is 22.3 Å². The summed E-state index contributed by atoms with van der Waals surface area (Å²) in [7, 11) is 0. The van der Waals surface area contributed by atoms with Gasteiger partial charge in [0.2, 0.25) is 0 Å². The van der Waals surface area contributed by atoms with Crippen molar-refractivity contribution in [3.8, 4) is 5.75 Å². The zero-order valence-corrected chi connectivity index (χ0v) is 20.0. The second-order valence-corrected chi connectivity index (χ2v) is 9.52. The molecule has 2 amide bonds. The number of hydrogen-bond donors (Lipinski definition) is 0. The Bertz CT molecular complexity index is 1150. The molecule has 3 aromatic carbocycles. The van der Waals surface area contributed by atoms with Crippen molar-refractivity contribution in [1.29, 1.82) is 0 Å². The van der Waals surface area contributed by atoms with Crippen molar-refractivity contribution in [3.63, 3.8) is 0 Å². The summed E-state index contributed by atoms with van der Waals surface area (Å²) in [6.07, 6.45) is 1.72. The van der Waals surface area contributed by atoms with Crippen molar-refractivity contribution in [2.24, 2.45) is 0 Å². The molecule has 31 heavy (non-hydrogen) atoms. The number of nitrogens with zero attached hydrogens (tertiary/aromatic N) is 1. The van der Waals surface area contributed by atoms with Crippen LogP contribution in [-0.2, 0) is 17.9 Å². The molecule has 3 aromatic rings. The van der Waals surface area contributed by atoms with Gasteiger partial charge in [-0.1, -0.05) is 54.1 Å². The van der Waals surface area contributed by atoms with Gasteiger partial charge in [-0.2, -0.15) is 0 Å². The summed E-state index contributed by atoms with van der Waals surface area (Å²) in [5.74, 6) is 0.350. The maximum atomic E-state index is 12.9. The zero-order chi connectivity index (χ0) is 21.8. The smallest absolute Gasteiger partial charge is 0.293 e. The summed E-state index contributed by atoms with van der Waals surface area (Å²) in [4.78, 5) is 27.0. The molecule has 1 fully saturated rings. The van der Waals surface area contributed by atoms with Crippen molar-refractivity contribution in [1.82, 2.24) is 4.90 Å². The van der Waals surface area contributed by atoms with E-state index < -0.39 is 0 Å². The molecule has 1 aliphatic heterocycles. The lowest BCUT2D eigenvalue weighted by Crippen LogP contribution is -2.27. The average Bonchev–Trinajstić information content (AvgIpc) is 3.03. The van der Waals surface area contributed by atoms with E-state index in [4.69, 9.17) is 16.3 Å². The van der Waals surface area contributed by atoms with Gasteiger partial charge in [-0.15, -0.1) is 0 Å². The Morgan fingerprint density at radius 2 is 1.61 bits per heavy atom. The maximum Gasteiger partial charge on any atom is 0.293 e. The fourth-order valence-corrected chi connectivity index (χ4v) is 4.34. The van der Waals surface area contributed by atoms with E-state index >= 15 is 0 Å². The lowest BCUT2D eigenvalue weighted by atomic mass is 10.1. The highest BCUT2D eigenvalue weighted by atomic mass is 127. The summed E-state index contributed by atoms with van der Waals surface area (Å²) in [5.41, 5.74) is 2.64. The Balaban J connectivity index is 1.50. The summed E-state index contributed by atoms with van der Waals surface area (Å²) < 4.78 is 7.06. The van der Waals surface area contributed by atoms with Gasteiger partial charge in [-0.25, -0.2) is 0 Å². The molecule has 0 aromatic heterocycles. The van der Waals surface area contributed by atoms with Gasteiger partial charge in [0.05, 0.1) is 11.4 Å². The lowest BCUT2D eigenvalue weighted by molar-refractivity contribution is -0.123. The van der Waals surface area contributed by atoms with Gasteiger partial charge in [0, 0.05) is 14.2 Å². The summed E-state index contributed by atoms with van der Waals surface area (Å²) in [6.45, 7) is 0.629. The molecular weight excluding hydrogens is 545 g/mol. The number of hydrogen-bond acceptors (Lipinski definition) is 4. The second kappa shape index (κ2) is 9.89. The minimum absolute atomic E-state index is 0.258. The molecule has 0 radical (unpaired) electrons. The van der Waals surface area contributed by atoms with Crippen LogP contribution < -0.4 is 4.74 Å². The third kappa shape index (κ3) is 5.50. The van der Waals surface area contributed by atoms with Crippen LogP contribution >= 0.6 is 46.0 Å². The van der Waals surface area contributed by atoms with Crippen LogP contribution in [0.2, 0.25) is 5.02 Å². The molecule has 0 bridgehead atoms. The van der Waals surface area contributed by atoms with E-state index in [-0.39, 0.29) is 17.7 Å². The van der Waals surface area contributed by atoms with Crippen molar-refractivity contribution in [2.75, 3.05) is 0 Å². The third-order valence-corrected chi connectivity index (χ3v) is 6.52. The van der Waals surface area contributed by atoms with E-state index in [9.17, 15) is 9.59 Å². The Morgan fingerprint density at radius 1 is 0.935 bits per heavy atom. The van der Waals surface area contributed by atoms with Gasteiger partial charge in [0.1, 0.15) is 12.4 Å². The number of carbonyl (C=O) groups is 2. The first-order valence-electron chi connectivity index (χ1n) is 9.46. The van der Waals surface area contributed by atoms with Crippen LogP contribution in [0.1, 0.15) is 16.7 Å². The molecule has 7 heteroatoms. The highest BCUT2D eigenvalue weighted by Crippen LogP contribution is 2.35. The first-order chi connectivity index (χ1) is 15.0. The van der Waals surface area contributed by atoms with E-state index in [2.05, 4.69) is 22.6 Å². The first kappa shape index (κ1) is 21.9. The normalized spacial score (nSPS) is 15.0. The lowest BCUT2D eigenvalue weighted by Gasteiger charge is -2.12. The highest BCUT2D eigenvalue weighted by molar-refractivity contribution is 14.1. The van der Waals surface area contributed by atoms with Crippen molar-refractivity contribution in [3.05, 3.63) is 103 Å². The fraction of sp³-hybridized carbons (Fsp3) is 0.0833. The predicted molar refractivity (Wildman–Crippen MR) is 133 cm³/mol. The number of benzene rings is 3. The standard InChI is InChI=1S/C24H17ClINO3S/c25-19-9-5-17(6-10-19)15-30-21-4-2-1-3-18(21)13-22-23(28)27(24(29)31-22)14-16-7-11-20(26)12-8-16/h1-13H,14-15H2/b22-13-. The molecule has 0 spiro atoms. The molecule has 0 N–H and O–H groups in total. The number of rotatable bonds is 6. The number of carbonyl (C=O) groups excluding carboxylic acids is 2. The van der Waals surface area contributed by atoms with Crippen LogP contribution in [0.25, 0.3) is 6.08 Å². The molecule has 1 aliphatic rings. The van der Waals surface area contributed by atoms with Crippen LogP contribution in [0.5, 0.6) is 5.75 Å². The molecular formula is C24H17ClINO3S. The fourth-order valence-electron chi connectivity index (χ4n) is 3.02. The van der Waals surface area contributed by atoms with E-state index in [0.717, 1.165) is 32.0 Å². The number of para-hydroxylation sites is 1. The molecule has 0 aliphatic carbocycles. The van der Waals surface area contributed by atoms with Gasteiger partial charge in [-0.3, -0.25) is 14.5 Å². The number of imide groups is 1. The van der Waals surface area contributed by atoms with Crippen LogP contribution in [0.4, 0.5) is 4.79 Å². The van der Waals surface area contributed by atoms with Crippen LogP contribution in [0, 0.1) is 3.57 Å². The van der Waals surface area contributed by atoms with E-state index in [1.165, 1.54) is 4.90 Å². The topological polar surface area (TPSA) is 46.6 Å². The van der Waals surface area contributed by atoms with Crippen molar-refractivity contribution in [2.45, 2.75) is 13.2 Å². The van der Waals surface area contributed by atoms with Crippen LogP contribution in [-0.4, -0.2) is 16.0 Å². The number of ether oxygens (including phenoxy) is 1. The quantitative estimate of drug-likeness (QED) is 0.246. The molecule has 4 rings (SSSR count). The largest absolute Gasteiger partial charge is 0.488 e. The first-order valence-corrected chi connectivity index (χ1v) is 11.7. The monoisotopic (exact) mass is 561 g/mol. The van der Waals surface area contributed by atoms with Crippen LogP contribution in [0.3, 0.4) is 0 Å². The minimum atomic E-state index is -0.291. The van der Waals surface area contributed by atoms with Gasteiger partial charge in [0.15, 0.2) is 0 Å². The molecule has 0 saturated carbocycles. The number of halogens is 2. The molecule has 0 atom stereocenters. The molecule has 1 heterocycles. The summed E-state index contributed by atoms with van der Waals surface area (Å²) in [5, 5.41) is 0.402. The highest BCUT2D eigenvalue weighted by Gasteiger charge is 2.35. The Kier molecular flexibility index (Phi) is 6.99. The van der Waals surface area contributed by atoms with Gasteiger partial charge in [0.25, 0.3) is 11.1 Å². The maximum absolute atomic E-state index is 12.9. The van der Waals surface area contributed by atoms with Gasteiger partial charge < -0.3 is 4.74 Å². The number of thioether (sulfide) groups is 1. The Hall–Kier alpha value is -2.29. The van der Waals surface area contributed by atoms with E-state index in [1.54, 1.807) is 6.08 Å². The molecule has 0 unspecified atom stereocenters. The van der Waals surface area contributed by atoms with Crippen LogP contribution in [0.15, 0.2) is 77.7 Å². The van der Waals surface area contributed by atoms with E-state index in [1.807, 2.05) is 72.8 Å².